The van der Waals surface area contributed by atoms with Crippen LogP contribution in [0.1, 0.15) is 13.8 Å². The Morgan fingerprint density at radius 1 is 0.882 bits per heavy atom. The Morgan fingerprint density at radius 3 is 2.06 bits per heavy atom. The lowest BCUT2D eigenvalue weighted by Gasteiger charge is -2.07. The number of nitrogen functional groups attached to an aromatic ring is 1. The van der Waals surface area contributed by atoms with Crippen LogP contribution >= 0.6 is 0 Å². The molecular weight excluding hydrogens is 210 g/mol. The van der Waals surface area contributed by atoms with E-state index in [0.29, 0.717) is 5.69 Å². The van der Waals surface area contributed by atoms with Crippen LogP contribution in [0.15, 0.2) is 48.5 Å². The molecular formula is C15H19NO. The van der Waals surface area contributed by atoms with E-state index in [2.05, 4.69) is 12.1 Å². The van der Waals surface area contributed by atoms with Crippen molar-refractivity contribution in [2.75, 3.05) is 12.8 Å². The van der Waals surface area contributed by atoms with E-state index in [0.717, 1.165) is 16.9 Å². The van der Waals surface area contributed by atoms with Gasteiger partial charge in [-0.2, -0.15) is 0 Å². The molecule has 2 heteroatoms. The minimum atomic E-state index is 0.666. The molecule has 2 nitrogen and oxygen atoms in total. The molecule has 2 N–H and O–H groups in total. The van der Waals surface area contributed by atoms with E-state index < -0.39 is 0 Å². The monoisotopic (exact) mass is 229 g/mol. The van der Waals surface area contributed by atoms with Crippen molar-refractivity contribution in [3.63, 3.8) is 0 Å². The van der Waals surface area contributed by atoms with Crippen molar-refractivity contribution in [3.8, 4) is 16.9 Å². The first-order valence-electron chi connectivity index (χ1n) is 5.80. The van der Waals surface area contributed by atoms with Crippen molar-refractivity contribution < 1.29 is 4.74 Å². The second kappa shape index (κ2) is 6.59. The maximum absolute atomic E-state index is 5.84. The smallest absolute Gasteiger partial charge is 0.141 e. The molecule has 0 heterocycles. The fourth-order valence-electron chi connectivity index (χ4n) is 1.54. The Kier molecular flexibility index (Phi) is 5.08. The topological polar surface area (TPSA) is 35.2 Å². The molecule has 0 radical (unpaired) electrons. The van der Waals surface area contributed by atoms with Gasteiger partial charge in [-0.25, -0.2) is 0 Å². The van der Waals surface area contributed by atoms with Crippen LogP contribution in [0.2, 0.25) is 0 Å². The van der Waals surface area contributed by atoms with Crippen LogP contribution in [0.4, 0.5) is 5.69 Å². The molecule has 2 aromatic rings. The molecule has 0 aliphatic heterocycles. The zero-order valence-electron chi connectivity index (χ0n) is 10.6. The van der Waals surface area contributed by atoms with Gasteiger partial charge in [-0.1, -0.05) is 50.2 Å². The van der Waals surface area contributed by atoms with Crippen LogP contribution in [0, 0.1) is 0 Å². The van der Waals surface area contributed by atoms with Gasteiger partial charge in [0.1, 0.15) is 5.75 Å². The second-order valence-corrected chi connectivity index (χ2v) is 3.32. The molecule has 0 amide bonds. The van der Waals surface area contributed by atoms with Gasteiger partial charge in [0.25, 0.3) is 0 Å². The molecule has 0 atom stereocenters. The first kappa shape index (κ1) is 13.1. The lowest BCUT2D eigenvalue weighted by atomic mass is 10.1. The van der Waals surface area contributed by atoms with Crippen molar-refractivity contribution in [3.05, 3.63) is 48.5 Å². The number of anilines is 1. The van der Waals surface area contributed by atoms with Crippen LogP contribution in [0.3, 0.4) is 0 Å². The van der Waals surface area contributed by atoms with Gasteiger partial charge in [0.05, 0.1) is 12.8 Å². The highest BCUT2D eigenvalue weighted by atomic mass is 16.5. The van der Waals surface area contributed by atoms with Crippen molar-refractivity contribution in [1.82, 2.24) is 0 Å². The Labute approximate surface area is 103 Å². The Morgan fingerprint density at radius 2 is 1.53 bits per heavy atom. The third-order valence-corrected chi connectivity index (χ3v) is 2.34. The van der Waals surface area contributed by atoms with Crippen LogP contribution in [0.25, 0.3) is 11.1 Å². The minimum absolute atomic E-state index is 0.666. The summed E-state index contributed by atoms with van der Waals surface area (Å²) in [7, 11) is 1.62. The lowest BCUT2D eigenvalue weighted by Crippen LogP contribution is -1.92. The number of hydrogen-bond acceptors (Lipinski definition) is 2. The summed E-state index contributed by atoms with van der Waals surface area (Å²) < 4.78 is 5.11. The first-order chi connectivity index (χ1) is 8.31. The highest BCUT2D eigenvalue weighted by Gasteiger charge is 2.01. The van der Waals surface area contributed by atoms with Gasteiger partial charge in [0.15, 0.2) is 0 Å². The predicted molar refractivity (Wildman–Crippen MR) is 74.2 cm³/mol. The summed E-state index contributed by atoms with van der Waals surface area (Å²) in [5, 5.41) is 0. The maximum atomic E-state index is 5.84. The SMILES string of the molecule is CC.COc1ccc(-c2ccccc2)cc1N. The molecule has 0 saturated heterocycles. The predicted octanol–water partition coefficient (Wildman–Crippen LogP) is 3.97. The van der Waals surface area contributed by atoms with Crippen molar-refractivity contribution >= 4 is 5.69 Å². The summed E-state index contributed by atoms with van der Waals surface area (Å²) >= 11 is 0. The van der Waals surface area contributed by atoms with E-state index in [9.17, 15) is 0 Å². The Bertz CT molecular complexity index is 452. The molecule has 90 valence electrons. The van der Waals surface area contributed by atoms with E-state index in [1.165, 1.54) is 0 Å². The zero-order valence-corrected chi connectivity index (χ0v) is 10.6. The quantitative estimate of drug-likeness (QED) is 0.791. The van der Waals surface area contributed by atoms with E-state index >= 15 is 0 Å². The molecule has 0 fully saturated rings. The van der Waals surface area contributed by atoms with Crippen molar-refractivity contribution in [1.29, 1.82) is 0 Å². The summed E-state index contributed by atoms with van der Waals surface area (Å²) in [6.07, 6.45) is 0. The van der Waals surface area contributed by atoms with Gasteiger partial charge in [0, 0.05) is 0 Å². The largest absolute Gasteiger partial charge is 0.495 e. The normalized spacial score (nSPS) is 9.12. The number of rotatable bonds is 2. The highest BCUT2D eigenvalue weighted by Crippen LogP contribution is 2.27. The summed E-state index contributed by atoms with van der Waals surface area (Å²) in [5.41, 5.74) is 8.77. The molecule has 0 aliphatic carbocycles. The van der Waals surface area contributed by atoms with Gasteiger partial charge < -0.3 is 10.5 Å². The standard InChI is InChI=1S/C13H13NO.C2H6/c1-15-13-8-7-11(9-12(13)14)10-5-3-2-4-6-10;1-2/h2-9H,14H2,1H3;1-2H3. The van der Waals surface area contributed by atoms with Crippen molar-refractivity contribution in [2.24, 2.45) is 0 Å². The van der Waals surface area contributed by atoms with Crippen LogP contribution < -0.4 is 10.5 Å². The summed E-state index contributed by atoms with van der Waals surface area (Å²) in [5.74, 6) is 0.717. The molecule has 0 aliphatic rings. The number of ether oxygens (including phenoxy) is 1. The number of benzene rings is 2. The fraction of sp³-hybridized carbons (Fsp3) is 0.200. The van der Waals surface area contributed by atoms with E-state index in [1.807, 2.05) is 50.2 Å². The van der Waals surface area contributed by atoms with Crippen LogP contribution in [-0.2, 0) is 0 Å². The molecule has 2 rings (SSSR count). The third-order valence-electron chi connectivity index (χ3n) is 2.34. The Balaban J connectivity index is 0.000000686. The fourth-order valence-corrected chi connectivity index (χ4v) is 1.54. The van der Waals surface area contributed by atoms with Crippen LogP contribution in [-0.4, -0.2) is 7.11 Å². The maximum Gasteiger partial charge on any atom is 0.141 e. The van der Waals surface area contributed by atoms with Gasteiger partial charge >= 0.3 is 0 Å². The average Bonchev–Trinajstić information content (AvgIpc) is 2.42. The van der Waals surface area contributed by atoms with Crippen LogP contribution in [0.5, 0.6) is 5.75 Å². The van der Waals surface area contributed by atoms with Gasteiger partial charge in [-0.05, 0) is 23.3 Å². The number of hydrogen-bond donors (Lipinski definition) is 1. The minimum Gasteiger partial charge on any atom is -0.495 e. The van der Waals surface area contributed by atoms with E-state index in [4.69, 9.17) is 10.5 Å². The molecule has 2 aromatic carbocycles. The lowest BCUT2D eigenvalue weighted by molar-refractivity contribution is 0.417. The number of nitrogens with two attached hydrogens (primary N) is 1. The second-order valence-electron chi connectivity index (χ2n) is 3.32. The molecule has 17 heavy (non-hydrogen) atoms. The molecule has 0 saturated carbocycles. The number of methoxy groups -OCH3 is 1. The molecule has 0 aromatic heterocycles. The average molecular weight is 229 g/mol. The van der Waals surface area contributed by atoms with E-state index in [-0.39, 0.29) is 0 Å². The zero-order chi connectivity index (χ0) is 12.7. The van der Waals surface area contributed by atoms with E-state index in [1.54, 1.807) is 7.11 Å². The first-order valence-corrected chi connectivity index (χ1v) is 5.80. The molecule has 0 spiro atoms. The van der Waals surface area contributed by atoms with Gasteiger partial charge in [-0.15, -0.1) is 0 Å². The Hall–Kier alpha value is -1.96. The third kappa shape index (κ3) is 3.25. The van der Waals surface area contributed by atoms with Crippen molar-refractivity contribution in [2.45, 2.75) is 13.8 Å². The summed E-state index contributed by atoms with van der Waals surface area (Å²) in [4.78, 5) is 0. The van der Waals surface area contributed by atoms with Gasteiger partial charge in [0.2, 0.25) is 0 Å². The summed E-state index contributed by atoms with van der Waals surface area (Å²) in [6.45, 7) is 4.00. The molecule has 0 bridgehead atoms. The van der Waals surface area contributed by atoms with Gasteiger partial charge in [-0.3, -0.25) is 0 Å². The summed E-state index contributed by atoms with van der Waals surface area (Å²) in [6, 6.07) is 15.9. The molecule has 0 unspecified atom stereocenters. The highest BCUT2D eigenvalue weighted by molar-refractivity contribution is 5.70.